The molecule has 0 fully saturated rings. The highest BCUT2D eigenvalue weighted by Crippen LogP contribution is 2.13. The third-order valence-electron chi connectivity index (χ3n) is 2.10. The Labute approximate surface area is 91.2 Å². The minimum atomic E-state index is 0.426. The number of nitriles is 1. The number of hydrogen-bond acceptors (Lipinski definition) is 3. The molecule has 0 aliphatic carbocycles. The zero-order valence-electron chi connectivity index (χ0n) is 9.61. The molecule has 0 aromatic carbocycles. The fraction of sp³-hybridized carbons (Fsp3) is 0.800. The zero-order valence-corrected chi connectivity index (χ0v) is 10.4. The Balaban J connectivity index is 4.36. The summed E-state index contributed by atoms with van der Waals surface area (Å²) in [5.41, 5.74) is 0. The molecule has 80 valence electrons. The van der Waals surface area contributed by atoms with E-state index in [4.69, 9.17) is 5.26 Å². The molecular weight excluding hydrogens is 194 g/mol. The molecule has 0 bridgehead atoms. The first-order chi connectivity index (χ1) is 6.52. The van der Waals surface area contributed by atoms with Crippen LogP contribution in [0.4, 0.5) is 0 Å². The van der Waals surface area contributed by atoms with Crippen LogP contribution in [0.1, 0.15) is 27.2 Å². The lowest BCUT2D eigenvalue weighted by Gasteiger charge is -2.27. The van der Waals surface area contributed by atoms with Gasteiger partial charge in [-0.15, -0.1) is 4.99 Å². The van der Waals surface area contributed by atoms with Gasteiger partial charge in [0.25, 0.3) is 0 Å². The molecule has 3 nitrogen and oxygen atoms in total. The van der Waals surface area contributed by atoms with Gasteiger partial charge in [-0.25, -0.2) is 0 Å². The maximum absolute atomic E-state index is 8.50. The summed E-state index contributed by atoms with van der Waals surface area (Å²) in [6, 6.07) is 0.426. The topological polar surface area (TPSA) is 39.4 Å². The predicted octanol–water partition coefficient (Wildman–Crippen LogP) is 2.55. The molecule has 0 saturated heterocycles. The maximum atomic E-state index is 8.50. The van der Waals surface area contributed by atoms with Crippen LogP contribution in [0.25, 0.3) is 0 Å². The summed E-state index contributed by atoms with van der Waals surface area (Å²) in [6.07, 6.45) is 4.89. The van der Waals surface area contributed by atoms with Gasteiger partial charge < -0.3 is 4.90 Å². The summed E-state index contributed by atoms with van der Waals surface area (Å²) in [5, 5.41) is 9.30. The Morgan fingerprint density at radius 2 is 2.07 bits per heavy atom. The number of aliphatic imine (C=N–C) groups is 1. The largest absolute Gasteiger partial charge is 0.351 e. The van der Waals surface area contributed by atoms with Crippen LogP contribution in [0.15, 0.2) is 4.99 Å². The van der Waals surface area contributed by atoms with E-state index in [2.05, 4.69) is 30.7 Å². The van der Waals surface area contributed by atoms with Gasteiger partial charge in [0.05, 0.1) is 0 Å². The lowest BCUT2D eigenvalue weighted by Crippen LogP contribution is -2.34. The third kappa shape index (κ3) is 4.52. The highest BCUT2D eigenvalue weighted by molar-refractivity contribution is 8.13. The van der Waals surface area contributed by atoms with E-state index in [-0.39, 0.29) is 0 Å². The molecule has 1 unspecified atom stereocenters. The average Bonchev–Trinajstić information content (AvgIpc) is 2.12. The number of hydrogen-bond donors (Lipinski definition) is 0. The van der Waals surface area contributed by atoms with E-state index < -0.39 is 0 Å². The molecule has 0 radical (unpaired) electrons. The molecule has 14 heavy (non-hydrogen) atoms. The van der Waals surface area contributed by atoms with Gasteiger partial charge in [-0.05, 0) is 25.5 Å². The van der Waals surface area contributed by atoms with Crippen LogP contribution in [-0.4, -0.2) is 29.4 Å². The number of thioether (sulfide) groups is 1. The molecule has 1 atom stereocenters. The molecule has 4 heteroatoms. The molecule has 0 saturated carbocycles. The van der Waals surface area contributed by atoms with E-state index in [9.17, 15) is 0 Å². The molecule has 0 spiro atoms. The van der Waals surface area contributed by atoms with Crippen LogP contribution in [-0.2, 0) is 0 Å². The van der Waals surface area contributed by atoms with Gasteiger partial charge in [0.1, 0.15) is 0 Å². The molecular formula is C10H19N3S. The maximum Gasteiger partial charge on any atom is 0.208 e. The van der Waals surface area contributed by atoms with Crippen LogP contribution in [0.2, 0.25) is 0 Å². The van der Waals surface area contributed by atoms with Crippen molar-refractivity contribution in [1.29, 1.82) is 5.26 Å². The summed E-state index contributed by atoms with van der Waals surface area (Å²) in [6.45, 7) is 6.55. The fourth-order valence-electron chi connectivity index (χ4n) is 1.34. The van der Waals surface area contributed by atoms with E-state index in [0.717, 1.165) is 11.6 Å². The summed E-state index contributed by atoms with van der Waals surface area (Å²) in [5.74, 6) is 0.664. The highest BCUT2D eigenvalue weighted by Gasteiger charge is 2.14. The number of rotatable bonds is 3. The summed E-state index contributed by atoms with van der Waals surface area (Å²) < 4.78 is 0. The zero-order chi connectivity index (χ0) is 11.1. The van der Waals surface area contributed by atoms with Crippen molar-refractivity contribution in [3.63, 3.8) is 0 Å². The van der Waals surface area contributed by atoms with Crippen molar-refractivity contribution in [2.24, 2.45) is 10.9 Å². The molecule has 0 aromatic rings. The van der Waals surface area contributed by atoms with Crippen molar-refractivity contribution >= 4 is 16.9 Å². The van der Waals surface area contributed by atoms with Crippen LogP contribution in [0, 0.1) is 17.4 Å². The first kappa shape index (κ1) is 13.3. The van der Waals surface area contributed by atoms with Gasteiger partial charge in [0, 0.05) is 13.1 Å². The molecule has 0 aliphatic rings. The van der Waals surface area contributed by atoms with E-state index in [1.807, 2.05) is 19.5 Å². The van der Waals surface area contributed by atoms with Crippen molar-refractivity contribution in [3.05, 3.63) is 0 Å². The Morgan fingerprint density at radius 1 is 1.50 bits per heavy atom. The van der Waals surface area contributed by atoms with Crippen LogP contribution in [0.3, 0.4) is 0 Å². The second-order valence-corrected chi connectivity index (χ2v) is 4.56. The second-order valence-electron chi connectivity index (χ2n) is 3.79. The van der Waals surface area contributed by atoms with Crippen LogP contribution in [0.5, 0.6) is 0 Å². The number of amidine groups is 1. The van der Waals surface area contributed by atoms with E-state index in [0.29, 0.717) is 12.0 Å². The van der Waals surface area contributed by atoms with E-state index >= 15 is 0 Å². The van der Waals surface area contributed by atoms with Crippen LogP contribution < -0.4 is 0 Å². The first-order valence-electron chi connectivity index (χ1n) is 4.76. The van der Waals surface area contributed by atoms with Crippen molar-refractivity contribution in [3.8, 4) is 6.19 Å². The molecule has 0 aliphatic heterocycles. The van der Waals surface area contributed by atoms with E-state index in [1.165, 1.54) is 11.8 Å². The third-order valence-corrected chi connectivity index (χ3v) is 2.85. The lowest BCUT2D eigenvalue weighted by molar-refractivity contribution is 0.338. The van der Waals surface area contributed by atoms with Crippen molar-refractivity contribution in [2.75, 3.05) is 13.3 Å². The van der Waals surface area contributed by atoms with Gasteiger partial charge >= 0.3 is 0 Å². The highest BCUT2D eigenvalue weighted by atomic mass is 32.2. The van der Waals surface area contributed by atoms with Gasteiger partial charge in [0.15, 0.2) is 5.17 Å². The molecule has 0 rings (SSSR count). The summed E-state index contributed by atoms with van der Waals surface area (Å²) in [7, 11) is 1.99. The smallest absolute Gasteiger partial charge is 0.208 e. The lowest BCUT2D eigenvalue weighted by atomic mass is 10.0. The van der Waals surface area contributed by atoms with Crippen LogP contribution >= 0.6 is 11.8 Å². The fourth-order valence-corrected chi connectivity index (χ4v) is 1.94. The summed E-state index contributed by atoms with van der Waals surface area (Å²) >= 11 is 1.51. The Kier molecular flexibility index (Phi) is 6.39. The molecule has 0 amide bonds. The van der Waals surface area contributed by atoms with Gasteiger partial charge in [-0.1, -0.05) is 25.6 Å². The van der Waals surface area contributed by atoms with Gasteiger partial charge in [0.2, 0.25) is 6.19 Å². The minimum absolute atomic E-state index is 0.426. The molecule has 0 aromatic heterocycles. The monoisotopic (exact) mass is 213 g/mol. The Morgan fingerprint density at radius 3 is 2.43 bits per heavy atom. The SMILES string of the molecule is CSC(=NC#N)N(C)C(C)CC(C)C. The molecule has 0 N–H and O–H groups in total. The Bertz CT molecular complexity index is 230. The van der Waals surface area contributed by atoms with Crippen molar-refractivity contribution in [2.45, 2.75) is 33.2 Å². The van der Waals surface area contributed by atoms with Gasteiger partial charge in [-0.2, -0.15) is 5.26 Å². The predicted molar refractivity (Wildman–Crippen MR) is 63.2 cm³/mol. The van der Waals surface area contributed by atoms with E-state index in [1.54, 1.807) is 0 Å². The minimum Gasteiger partial charge on any atom is -0.351 e. The quantitative estimate of drug-likeness (QED) is 0.411. The molecule has 0 heterocycles. The first-order valence-corrected chi connectivity index (χ1v) is 5.99. The normalized spacial score (nSPS) is 13.9. The van der Waals surface area contributed by atoms with Crippen molar-refractivity contribution < 1.29 is 0 Å². The summed E-state index contributed by atoms with van der Waals surface area (Å²) in [4.78, 5) is 5.85. The van der Waals surface area contributed by atoms with Gasteiger partial charge in [-0.3, -0.25) is 0 Å². The number of nitrogens with zero attached hydrogens (tertiary/aromatic N) is 3. The van der Waals surface area contributed by atoms with Crippen molar-refractivity contribution in [1.82, 2.24) is 4.90 Å². The average molecular weight is 213 g/mol. The Hall–Kier alpha value is -0.690. The standard InChI is InChI=1S/C10H19N3S/c1-8(2)6-9(3)13(4)10(14-5)12-7-11/h8-9H,6H2,1-5H3. The second kappa shape index (κ2) is 6.72.